The fourth-order valence-corrected chi connectivity index (χ4v) is 4.34. The minimum Gasteiger partial charge on any atom is -0.356 e. The fraction of sp³-hybridized carbons (Fsp3) is 0.458. The van der Waals surface area contributed by atoms with Crippen LogP contribution in [0.3, 0.4) is 0 Å². The molecular weight excluding hydrogens is 468 g/mol. The monoisotopic (exact) mass is 497 g/mol. The number of alkyl halides is 2. The number of halogens is 2. The third-order valence-electron chi connectivity index (χ3n) is 6.72. The van der Waals surface area contributed by atoms with Gasteiger partial charge >= 0.3 is 0 Å². The third kappa shape index (κ3) is 4.93. The molecule has 5 heterocycles. The summed E-state index contributed by atoms with van der Waals surface area (Å²) in [5, 5.41) is 10.5. The number of nitrogens with zero attached hydrogens (tertiary/aromatic N) is 7. The normalized spacial score (nSPS) is 19.1. The number of aryl methyl sites for hydroxylation is 1. The third-order valence-corrected chi connectivity index (χ3v) is 6.72. The van der Waals surface area contributed by atoms with E-state index in [1.165, 1.54) is 0 Å². The van der Waals surface area contributed by atoms with Gasteiger partial charge in [-0.2, -0.15) is 10.1 Å². The molecule has 0 aliphatic carbocycles. The predicted molar refractivity (Wildman–Crippen MR) is 133 cm³/mol. The Hall–Kier alpha value is -3.83. The van der Waals surface area contributed by atoms with Crippen molar-refractivity contribution >= 4 is 29.2 Å². The highest BCUT2D eigenvalue weighted by Crippen LogP contribution is 2.32. The van der Waals surface area contributed by atoms with E-state index in [1.807, 2.05) is 53.7 Å². The summed E-state index contributed by atoms with van der Waals surface area (Å²) in [5.41, 5.74) is 3.26. The molecule has 3 aromatic rings. The van der Waals surface area contributed by atoms with Gasteiger partial charge in [-0.3, -0.25) is 9.48 Å². The Bertz CT molecular complexity index is 1250. The molecule has 2 N–H and O–H groups in total. The molecular formula is C24H29F2N9O. The first-order valence-electron chi connectivity index (χ1n) is 11.9. The Morgan fingerprint density at radius 3 is 2.67 bits per heavy atom. The molecule has 12 heteroatoms. The van der Waals surface area contributed by atoms with E-state index in [9.17, 15) is 13.6 Å². The van der Waals surface area contributed by atoms with Gasteiger partial charge in [0.25, 0.3) is 5.92 Å². The van der Waals surface area contributed by atoms with Crippen LogP contribution in [0, 0.1) is 6.92 Å². The van der Waals surface area contributed by atoms with Gasteiger partial charge in [-0.15, -0.1) is 0 Å². The minimum atomic E-state index is -2.57. The molecule has 0 radical (unpaired) electrons. The van der Waals surface area contributed by atoms with E-state index >= 15 is 0 Å². The van der Waals surface area contributed by atoms with Crippen LogP contribution >= 0.6 is 0 Å². The Labute approximate surface area is 207 Å². The second kappa shape index (κ2) is 9.32. The van der Waals surface area contributed by atoms with Crippen molar-refractivity contribution in [3.63, 3.8) is 0 Å². The maximum Gasteiger partial charge on any atom is 0.251 e. The lowest BCUT2D eigenvalue weighted by Crippen LogP contribution is -2.44. The van der Waals surface area contributed by atoms with Crippen LogP contribution in [0.25, 0.3) is 0 Å². The molecule has 1 fully saturated rings. The van der Waals surface area contributed by atoms with Crippen molar-refractivity contribution in [1.82, 2.24) is 24.7 Å². The molecule has 2 aliphatic heterocycles. The van der Waals surface area contributed by atoms with Gasteiger partial charge in [0, 0.05) is 57.5 Å². The molecule has 2 aliphatic rings. The highest BCUT2D eigenvalue weighted by Gasteiger charge is 2.34. The van der Waals surface area contributed by atoms with Gasteiger partial charge in [0.1, 0.15) is 17.5 Å². The van der Waals surface area contributed by atoms with Gasteiger partial charge < -0.3 is 20.4 Å². The number of hydrogen-bond donors (Lipinski definition) is 2. The number of carbonyl (C=O) groups excluding carboxylic acids is 1. The van der Waals surface area contributed by atoms with Crippen molar-refractivity contribution in [3.05, 3.63) is 47.5 Å². The molecule has 1 amide bonds. The molecule has 0 saturated carbocycles. The molecule has 10 nitrogen and oxygen atoms in total. The van der Waals surface area contributed by atoms with E-state index in [2.05, 4.69) is 30.7 Å². The average molecular weight is 498 g/mol. The topological polar surface area (TPSA) is 104 Å². The van der Waals surface area contributed by atoms with Crippen molar-refractivity contribution in [1.29, 1.82) is 0 Å². The molecule has 1 atom stereocenters. The maximum absolute atomic E-state index is 13.4. The summed E-state index contributed by atoms with van der Waals surface area (Å²) in [4.78, 5) is 29.4. The zero-order valence-corrected chi connectivity index (χ0v) is 20.5. The lowest BCUT2D eigenvalue weighted by molar-refractivity contribution is -0.117. The summed E-state index contributed by atoms with van der Waals surface area (Å²) >= 11 is 0. The number of nitrogens with one attached hydrogen (secondary N) is 2. The molecule has 5 rings (SSSR count). The number of aromatic nitrogens is 5. The Balaban J connectivity index is 1.19. The Kier molecular flexibility index (Phi) is 6.19. The number of amides is 1. The summed E-state index contributed by atoms with van der Waals surface area (Å²) in [6, 6.07) is 3.52. The lowest BCUT2D eigenvalue weighted by atomic mass is 10.1. The number of carbonyl (C=O) groups is 1. The van der Waals surface area contributed by atoms with Crippen molar-refractivity contribution in [2.45, 2.75) is 51.7 Å². The summed E-state index contributed by atoms with van der Waals surface area (Å²) in [7, 11) is 1.84. The second-order valence-corrected chi connectivity index (χ2v) is 9.37. The van der Waals surface area contributed by atoms with E-state index in [0.29, 0.717) is 49.3 Å². The summed E-state index contributed by atoms with van der Waals surface area (Å²) in [6.07, 6.45) is 5.21. The SMILES string of the molecule is Cc1nc(NCc2cnn(Cc3ccc(N4CCC(F)(F)CC4)nc3)c2)nc2c1NC(=O)[C@H](C)N2C. The van der Waals surface area contributed by atoms with E-state index in [4.69, 9.17) is 0 Å². The van der Waals surface area contributed by atoms with Crippen LogP contribution in [0.2, 0.25) is 0 Å². The number of pyridine rings is 1. The number of rotatable bonds is 6. The minimum absolute atomic E-state index is 0.0780. The van der Waals surface area contributed by atoms with Crippen LogP contribution in [-0.2, 0) is 17.9 Å². The first-order valence-corrected chi connectivity index (χ1v) is 11.9. The van der Waals surface area contributed by atoms with Gasteiger partial charge in [0.05, 0.1) is 18.4 Å². The first kappa shape index (κ1) is 23.9. The van der Waals surface area contributed by atoms with E-state index in [1.54, 1.807) is 12.4 Å². The molecule has 36 heavy (non-hydrogen) atoms. The highest BCUT2D eigenvalue weighted by atomic mass is 19.3. The lowest BCUT2D eigenvalue weighted by Gasteiger charge is -2.32. The van der Waals surface area contributed by atoms with Crippen molar-refractivity contribution in [2.24, 2.45) is 0 Å². The van der Waals surface area contributed by atoms with Gasteiger partial charge in [0.15, 0.2) is 5.82 Å². The van der Waals surface area contributed by atoms with E-state index in [0.717, 1.165) is 16.9 Å². The summed E-state index contributed by atoms with van der Waals surface area (Å²) < 4.78 is 28.6. The van der Waals surface area contributed by atoms with Gasteiger partial charge in [-0.1, -0.05) is 6.07 Å². The van der Waals surface area contributed by atoms with Crippen molar-refractivity contribution < 1.29 is 13.6 Å². The molecule has 3 aromatic heterocycles. The van der Waals surface area contributed by atoms with Crippen LogP contribution in [-0.4, -0.2) is 62.7 Å². The van der Waals surface area contributed by atoms with Crippen LogP contribution in [0.4, 0.5) is 32.1 Å². The van der Waals surface area contributed by atoms with Gasteiger partial charge in [-0.25, -0.2) is 18.7 Å². The maximum atomic E-state index is 13.4. The number of hydrogen-bond acceptors (Lipinski definition) is 8. The predicted octanol–water partition coefficient (Wildman–Crippen LogP) is 3.05. The van der Waals surface area contributed by atoms with Crippen molar-refractivity contribution in [3.8, 4) is 0 Å². The Morgan fingerprint density at radius 2 is 1.94 bits per heavy atom. The van der Waals surface area contributed by atoms with Gasteiger partial charge in [0.2, 0.25) is 11.9 Å². The molecule has 190 valence electrons. The molecule has 0 unspecified atom stereocenters. The highest BCUT2D eigenvalue weighted by molar-refractivity contribution is 6.03. The van der Waals surface area contributed by atoms with Gasteiger partial charge in [-0.05, 0) is 25.5 Å². The zero-order valence-electron chi connectivity index (χ0n) is 20.5. The smallest absolute Gasteiger partial charge is 0.251 e. The fourth-order valence-electron chi connectivity index (χ4n) is 4.34. The number of likely N-dealkylation sites (N-methyl/N-ethyl adjacent to an activating group) is 1. The first-order chi connectivity index (χ1) is 17.2. The second-order valence-electron chi connectivity index (χ2n) is 9.37. The number of fused-ring (bicyclic) bond motifs is 1. The van der Waals surface area contributed by atoms with Crippen LogP contribution in [0.1, 0.15) is 36.6 Å². The quantitative estimate of drug-likeness (QED) is 0.536. The average Bonchev–Trinajstić information content (AvgIpc) is 3.30. The number of piperidine rings is 1. The summed E-state index contributed by atoms with van der Waals surface area (Å²) in [5.74, 6) is -0.766. The van der Waals surface area contributed by atoms with Crippen LogP contribution < -0.4 is 20.4 Å². The van der Waals surface area contributed by atoms with Crippen LogP contribution in [0.15, 0.2) is 30.7 Å². The molecule has 0 spiro atoms. The zero-order chi connectivity index (χ0) is 25.4. The number of anilines is 4. The van der Waals surface area contributed by atoms with Crippen LogP contribution in [0.5, 0.6) is 0 Å². The van der Waals surface area contributed by atoms with Crippen molar-refractivity contribution in [2.75, 3.05) is 40.6 Å². The standard InChI is InChI=1S/C24H29F2N9O/c1-15-20-21(33(3)16(2)22(36)31-20)32-23(30-15)28-11-18-12-29-35(14-18)13-17-4-5-19(27-10-17)34-8-6-24(25,26)7-9-34/h4-5,10,12,14,16H,6-9,11,13H2,1-3H3,(H,31,36)(H,28,30,32)/t16-/m0/s1. The van der Waals surface area contributed by atoms with E-state index in [-0.39, 0.29) is 24.8 Å². The molecule has 0 aromatic carbocycles. The van der Waals surface area contributed by atoms with E-state index < -0.39 is 5.92 Å². The largest absolute Gasteiger partial charge is 0.356 e. The molecule has 1 saturated heterocycles. The Morgan fingerprint density at radius 1 is 1.17 bits per heavy atom. The summed E-state index contributed by atoms with van der Waals surface area (Å²) in [6.45, 7) is 5.32. The molecule has 0 bridgehead atoms.